The number of nitrogens with zero attached hydrogens (tertiary/aromatic N) is 3. The molecule has 2 heterocycles. The lowest BCUT2D eigenvalue weighted by Crippen LogP contribution is -1.93. The Balaban J connectivity index is 1.04. The molecule has 0 saturated heterocycles. The molecule has 3 heteroatoms. The molecule has 0 saturated carbocycles. The summed E-state index contributed by atoms with van der Waals surface area (Å²) in [6.07, 6.45) is 0. The van der Waals surface area contributed by atoms with E-state index in [9.17, 15) is 5.26 Å². The molecule has 0 spiro atoms. The second-order valence-electron chi connectivity index (χ2n) is 14.6. The van der Waals surface area contributed by atoms with Crippen LogP contribution in [0.3, 0.4) is 0 Å². The SMILES string of the molecule is N#Cc1ccc2c(c1)c1cc(-c3ccc(-c4cc5c6ccccc6c(-c6cccc(-c7ccccc7)n6)cc5c5ccccc45)cc3)ccc1n2-c1ccccc1. The van der Waals surface area contributed by atoms with Crippen LogP contribution in [0.4, 0.5) is 0 Å². The Morgan fingerprint density at radius 2 is 0.895 bits per heavy atom. The van der Waals surface area contributed by atoms with Crippen LogP contribution in [-0.4, -0.2) is 9.55 Å². The van der Waals surface area contributed by atoms with Gasteiger partial charge in [-0.05, 0) is 121 Å². The van der Waals surface area contributed by atoms with E-state index in [1.807, 2.05) is 24.3 Å². The largest absolute Gasteiger partial charge is 0.309 e. The maximum Gasteiger partial charge on any atom is 0.0991 e. The van der Waals surface area contributed by atoms with Crippen LogP contribution in [0.5, 0.6) is 0 Å². The van der Waals surface area contributed by atoms with Crippen molar-refractivity contribution < 1.29 is 0 Å². The van der Waals surface area contributed by atoms with Gasteiger partial charge >= 0.3 is 0 Å². The van der Waals surface area contributed by atoms with Crippen LogP contribution >= 0.6 is 0 Å². The Kier molecular flexibility index (Phi) is 7.55. The van der Waals surface area contributed by atoms with Crippen LogP contribution in [0.15, 0.2) is 200 Å². The Hall–Kier alpha value is -7.80. The fraction of sp³-hybridized carbons (Fsp3) is 0. The lowest BCUT2D eigenvalue weighted by molar-refractivity contribution is 1.18. The fourth-order valence-corrected chi connectivity index (χ4v) is 8.73. The molecular weight excluding hydrogens is 691 g/mol. The van der Waals surface area contributed by atoms with Gasteiger partial charge in [0.2, 0.25) is 0 Å². The molecular formula is C54H33N3. The van der Waals surface area contributed by atoms with E-state index in [1.165, 1.54) is 43.4 Å². The first-order valence-electron chi connectivity index (χ1n) is 19.3. The molecule has 0 aliphatic heterocycles. The number of pyridine rings is 1. The van der Waals surface area contributed by atoms with E-state index in [-0.39, 0.29) is 0 Å². The van der Waals surface area contributed by atoms with Crippen molar-refractivity contribution in [1.82, 2.24) is 9.55 Å². The highest BCUT2D eigenvalue weighted by atomic mass is 15.0. The first kappa shape index (κ1) is 32.6. The topological polar surface area (TPSA) is 41.6 Å². The van der Waals surface area contributed by atoms with Gasteiger partial charge in [-0.15, -0.1) is 0 Å². The normalized spacial score (nSPS) is 11.5. The smallest absolute Gasteiger partial charge is 0.0991 e. The summed E-state index contributed by atoms with van der Waals surface area (Å²) in [7, 11) is 0. The van der Waals surface area contributed by atoms with Crippen molar-refractivity contribution in [2.45, 2.75) is 0 Å². The quantitative estimate of drug-likeness (QED) is 0.166. The van der Waals surface area contributed by atoms with Gasteiger partial charge in [0.25, 0.3) is 0 Å². The van der Waals surface area contributed by atoms with Crippen molar-refractivity contribution in [3.05, 3.63) is 206 Å². The van der Waals surface area contributed by atoms with E-state index in [1.54, 1.807) is 0 Å². The molecule has 0 aliphatic carbocycles. The molecule has 0 fully saturated rings. The maximum atomic E-state index is 9.77. The van der Waals surface area contributed by atoms with E-state index in [2.05, 4.69) is 187 Å². The third-order valence-electron chi connectivity index (χ3n) is 11.4. The highest BCUT2D eigenvalue weighted by Crippen LogP contribution is 2.42. The van der Waals surface area contributed by atoms with E-state index in [0.717, 1.165) is 61.1 Å². The predicted octanol–water partition coefficient (Wildman–Crippen LogP) is 14.2. The van der Waals surface area contributed by atoms with Gasteiger partial charge < -0.3 is 4.57 Å². The van der Waals surface area contributed by atoms with Gasteiger partial charge in [0, 0.05) is 27.6 Å². The average molecular weight is 724 g/mol. The number of aromatic nitrogens is 2. The molecule has 0 bridgehead atoms. The van der Waals surface area contributed by atoms with Crippen LogP contribution in [0.2, 0.25) is 0 Å². The minimum Gasteiger partial charge on any atom is -0.309 e. The minimum atomic E-state index is 0.657. The van der Waals surface area contributed by atoms with Gasteiger partial charge in [0.05, 0.1) is 34.1 Å². The third-order valence-corrected chi connectivity index (χ3v) is 11.4. The van der Waals surface area contributed by atoms with Crippen molar-refractivity contribution in [1.29, 1.82) is 5.26 Å². The Morgan fingerprint density at radius 1 is 0.351 bits per heavy atom. The highest BCUT2D eigenvalue weighted by molar-refractivity contribution is 6.23. The van der Waals surface area contributed by atoms with Gasteiger partial charge in [0.15, 0.2) is 0 Å². The summed E-state index contributed by atoms with van der Waals surface area (Å²) < 4.78 is 2.29. The molecule has 3 nitrogen and oxygen atoms in total. The molecule has 11 rings (SSSR count). The molecule has 9 aromatic carbocycles. The summed E-state index contributed by atoms with van der Waals surface area (Å²) in [6.45, 7) is 0. The average Bonchev–Trinajstić information content (AvgIpc) is 3.62. The molecule has 11 aromatic rings. The van der Waals surface area contributed by atoms with Crippen LogP contribution in [0.1, 0.15) is 5.56 Å². The van der Waals surface area contributed by atoms with E-state index in [0.29, 0.717) is 5.56 Å². The van der Waals surface area contributed by atoms with Crippen molar-refractivity contribution in [3.63, 3.8) is 0 Å². The molecule has 0 radical (unpaired) electrons. The molecule has 0 aliphatic rings. The number of nitriles is 1. The summed E-state index contributed by atoms with van der Waals surface area (Å²) >= 11 is 0. The van der Waals surface area contributed by atoms with Crippen LogP contribution < -0.4 is 0 Å². The van der Waals surface area contributed by atoms with Crippen LogP contribution in [0.25, 0.3) is 105 Å². The van der Waals surface area contributed by atoms with Crippen molar-refractivity contribution in [3.8, 4) is 56.5 Å². The Bertz CT molecular complexity index is 3390. The molecule has 2 aromatic heterocycles. The predicted molar refractivity (Wildman–Crippen MR) is 238 cm³/mol. The molecule has 264 valence electrons. The molecule has 0 atom stereocenters. The summed E-state index contributed by atoms with van der Waals surface area (Å²) in [6, 6.07) is 73.3. The Morgan fingerprint density at radius 3 is 1.60 bits per heavy atom. The first-order chi connectivity index (χ1) is 28.2. The molecule has 0 amide bonds. The first-order valence-corrected chi connectivity index (χ1v) is 19.3. The minimum absolute atomic E-state index is 0.657. The van der Waals surface area contributed by atoms with Crippen molar-refractivity contribution in [2.75, 3.05) is 0 Å². The highest BCUT2D eigenvalue weighted by Gasteiger charge is 2.17. The van der Waals surface area contributed by atoms with Gasteiger partial charge in [0.1, 0.15) is 0 Å². The van der Waals surface area contributed by atoms with Gasteiger partial charge in [-0.3, -0.25) is 0 Å². The number of fused-ring (bicyclic) bond motifs is 8. The third kappa shape index (κ3) is 5.39. The molecule has 0 N–H and O–H groups in total. The monoisotopic (exact) mass is 723 g/mol. The molecule has 0 unspecified atom stereocenters. The number of rotatable bonds is 5. The van der Waals surface area contributed by atoms with Gasteiger partial charge in [-0.2, -0.15) is 5.26 Å². The van der Waals surface area contributed by atoms with E-state index >= 15 is 0 Å². The standard InChI is InChI=1S/C54H33N3/c55-34-35-22-28-53-49(30-35)50-31-39(27-29-54(50)57(53)40-14-5-2-6-15-40)36-23-25-37(26-24-36)45-32-46-43-18-9-10-19-44(43)48(33-47(46)42-17-8-7-16-41(42)45)52-21-11-20-51(56-52)38-12-3-1-4-13-38/h1-33H. The second-order valence-corrected chi connectivity index (χ2v) is 14.6. The zero-order chi connectivity index (χ0) is 37.9. The van der Waals surface area contributed by atoms with Gasteiger partial charge in [-0.1, -0.05) is 133 Å². The summed E-state index contributed by atoms with van der Waals surface area (Å²) in [5, 5.41) is 19.2. The summed E-state index contributed by atoms with van der Waals surface area (Å²) in [4.78, 5) is 5.19. The van der Waals surface area contributed by atoms with Gasteiger partial charge in [-0.25, -0.2) is 4.98 Å². The lowest BCUT2D eigenvalue weighted by atomic mass is 9.88. The second kappa shape index (κ2) is 13.2. The van der Waals surface area contributed by atoms with Crippen LogP contribution in [0, 0.1) is 11.3 Å². The number of hydrogen-bond donors (Lipinski definition) is 0. The number of hydrogen-bond acceptors (Lipinski definition) is 2. The fourth-order valence-electron chi connectivity index (χ4n) is 8.73. The number of para-hydroxylation sites is 1. The maximum absolute atomic E-state index is 9.77. The van der Waals surface area contributed by atoms with Crippen molar-refractivity contribution >= 4 is 54.1 Å². The lowest BCUT2D eigenvalue weighted by Gasteiger charge is -2.16. The van der Waals surface area contributed by atoms with E-state index < -0.39 is 0 Å². The van der Waals surface area contributed by atoms with Crippen LogP contribution in [-0.2, 0) is 0 Å². The summed E-state index contributed by atoms with van der Waals surface area (Å²) in [5.41, 5.74) is 12.8. The van der Waals surface area contributed by atoms with E-state index in [4.69, 9.17) is 4.98 Å². The zero-order valence-electron chi connectivity index (χ0n) is 30.9. The number of benzene rings is 9. The van der Waals surface area contributed by atoms with Crippen molar-refractivity contribution in [2.24, 2.45) is 0 Å². The summed E-state index contributed by atoms with van der Waals surface area (Å²) in [5.74, 6) is 0. The molecule has 57 heavy (non-hydrogen) atoms. The Labute approximate surface area is 330 Å². The zero-order valence-corrected chi connectivity index (χ0v) is 30.9.